The Morgan fingerprint density at radius 2 is 1.08 bits per heavy atom. The first-order valence-electron chi connectivity index (χ1n) is 30.8. The zero-order chi connectivity index (χ0) is 68.0. The summed E-state index contributed by atoms with van der Waals surface area (Å²) in [6.45, 7) is 5.43. The molecule has 5 aliphatic heterocycles. The van der Waals surface area contributed by atoms with Gasteiger partial charge in [-0.05, 0) is 141 Å². The number of anilines is 1. The summed E-state index contributed by atoms with van der Waals surface area (Å²) in [5.41, 5.74) is 11.9. The number of unbranched alkanes of at least 4 members (excludes halogenated alkanes) is 1. The zero-order valence-electron chi connectivity index (χ0n) is 53.4. The number of rotatable bonds is 26. The van der Waals surface area contributed by atoms with Crippen molar-refractivity contribution in [1.29, 1.82) is 0 Å². The van der Waals surface area contributed by atoms with Crippen molar-refractivity contribution in [3.8, 4) is 23.0 Å². The third kappa shape index (κ3) is 15.1. The van der Waals surface area contributed by atoms with Crippen LogP contribution in [-0.2, 0) is 57.2 Å². The quantitative estimate of drug-likeness (QED) is 0.0287. The Bertz CT molecular complexity index is 4050. The maximum absolute atomic E-state index is 14.3. The Hall–Kier alpha value is -9.83. The van der Waals surface area contributed by atoms with E-state index >= 15 is 0 Å². The van der Waals surface area contributed by atoms with E-state index in [4.69, 9.17) is 34.7 Å². The molecule has 0 bridgehead atoms. The molecule has 5 atom stereocenters. The summed E-state index contributed by atoms with van der Waals surface area (Å²) in [5, 5.41) is 5.69. The van der Waals surface area contributed by atoms with Crippen LogP contribution >= 0.6 is 0 Å². The van der Waals surface area contributed by atoms with Crippen LogP contribution in [-0.4, -0.2) is 151 Å². The fourth-order valence-corrected chi connectivity index (χ4v) is 13.6. The van der Waals surface area contributed by atoms with Gasteiger partial charge in [-0.3, -0.25) is 48.4 Å². The second kappa shape index (κ2) is 28.8. The largest absolute Gasteiger partial charge is 0.493 e. The molecule has 25 nitrogen and oxygen atoms in total. The number of imide groups is 1. The molecule has 0 saturated heterocycles. The minimum absolute atomic E-state index is 0.125. The minimum Gasteiger partial charge on any atom is -0.493 e. The Morgan fingerprint density at radius 1 is 0.621 bits per heavy atom. The lowest BCUT2D eigenvalue weighted by atomic mass is 9.79. The van der Waals surface area contributed by atoms with Crippen molar-refractivity contribution in [3.05, 3.63) is 149 Å². The molecule has 10 rings (SSSR count). The number of fused-ring (bicyclic) bond motifs is 4. The molecular formula is C68H74N10O15S2. The van der Waals surface area contributed by atoms with Crippen molar-refractivity contribution in [1.82, 2.24) is 29.5 Å². The molecule has 5 aromatic carbocycles. The smallest absolute Gasteiger partial charge is 0.257 e. The molecule has 1 unspecified atom stereocenters. The third-order valence-corrected chi connectivity index (χ3v) is 20.2. The van der Waals surface area contributed by atoms with E-state index in [0.717, 1.165) is 27.2 Å². The molecule has 0 aromatic heterocycles. The molecule has 5 heterocycles. The van der Waals surface area contributed by atoms with Crippen LogP contribution < -0.4 is 44.8 Å². The van der Waals surface area contributed by atoms with Crippen LogP contribution in [0.1, 0.15) is 95.8 Å². The number of benzene rings is 5. The van der Waals surface area contributed by atoms with E-state index in [2.05, 4.69) is 20.1 Å². The highest BCUT2D eigenvalue weighted by atomic mass is 32.2. The lowest BCUT2D eigenvalue weighted by molar-refractivity contribution is -0.137. The van der Waals surface area contributed by atoms with Gasteiger partial charge in [0.2, 0.25) is 37.8 Å². The van der Waals surface area contributed by atoms with Crippen molar-refractivity contribution in [2.45, 2.75) is 94.0 Å². The van der Waals surface area contributed by atoms with E-state index in [9.17, 15) is 50.4 Å². The molecule has 27 heteroatoms. The van der Waals surface area contributed by atoms with E-state index < -0.39 is 79.5 Å². The van der Waals surface area contributed by atoms with Gasteiger partial charge in [0.15, 0.2) is 23.0 Å². The van der Waals surface area contributed by atoms with Crippen LogP contribution in [0.15, 0.2) is 135 Å². The lowest BCUT2D eigenvalue weighted by Gasteiger charge is -2.32. The summed E-state index contributed by atoms with van der Waals surface area (Å²) in [6.07, 6.45) is 11.4. The Labute approximate surface area is 550 Å². The molecule has 498 valence electrons. The highest BCUT2D eigenvalue weighted by molar-refractivity contribution is 7.89. The van der Waals surface area contributed by atoms with Crippen molar-refractivity contribution in [2.75, 3.05) is 53.3 Å². The first kappa shape index (κ1) is 68.0. The summed E-state index contributed by atoms with van der Waals surface area (Å²) in [7, 11) is -1.71. The normalized spacial score (nSPS) is 17.7. The summed E-state index contributed by atoms with van der Waals surface area (Å²) in [4.78, 5) is 108. The van der Waals surface area contributed by atoms with Gasteiger partial charge in [0.05, 0.1) is 64.5 Å². The zero-order valence-corrected chi connectivity index (χ0v) is 55.0. The predicted molar refractivity (Wildman–Crippen MR) is 355 cm³/mol. The highest BCUT2D eigenvalue weighted by Crippen LogP contribution is 2.42. The Kier molecular flexibility index (Phi) is 20.6. The van der Waals surface area contributed by atoms with Crippen LogP contribution in [0.25, 0.3) is 11.1 Å². The molecule has 6 N–H and O–H groups in total. The number of hydrogen-bond acceptors (Lipinski definition) is 17. The molecule has 5 aliphatic rings. The third-order valence-electron chi connectivity index (χ3n) is 17.4. The number of aliphatic imine (C=N–C) groups is 2. The second-order valence-electron chi connectivity index (χ2n) is 23.7. The van der Waals surface area contributed by atoms with Gasteiger partial charge in [-0.25, -0.2) is 26.3 Å². The maximum Gasteiger partial charge on any atom is 0.257 e. The number of carbonyl (C=O) groups excluding carboxylic acids is 7. The molecule has 95 heavy (non-hydrogen) atoms. The molecule has 0 saturated carbocycles. The number of hydrogen-bond donors (Lipinski definition) is 5. The number of sulfonamides is 2. The number of ether oxygens (including phenoxy) is 4. The number of nitrogens with two attached hydrogens (primary N) is 1. The average molecular weight is 1340 g/mol. The van der Waals surface area contributed by atoms with Gasteiger partial charge in [-0.2, -0.15) is 0 Å². The molecule has 0 spiro atoms. The van der Waals surface area contributed by atoms with Gasteiger partial charge in [-0.1, -0.05) is 56.7 Å². The molecule has 5 aromatic rings. The number of amides is 7. The lowest BCUT2D eigenvalue weighted by Crippen LogP contribution is -2.49. The number of nitrogens with one attached hydrogen (secondary N) is 4. The van der Waals surface area contributed by atoms with Gasteiger partial charge in [0.25, 0.3) is 23.6 Å². The van der Waals surface area contributed by atoms with Gasteiger partial charge < -0.3 is 45.1 Å². The summed E-state index contributed by atoms with van der Waals surface area (Å²) >= 11 is 0. The van der Waals surface area contributed by atoms with E-state index in [0.29, 0.717) is 48.2 Å². The SMILES string of the molecule is CNS(=O)(=O)c1ccc(C2=CCN3C(=O)c4cc(OC)c(OCc5cc(COc6cc7c(cc6OC)C(=O)N6CC=C(c8ccc(S(=O)(=O)NC)cc8)C[C@H]6C=N7)cc(NC(=O)[C@H](C)NC(=O)[C@@H](C(C)C)C(CCCCN6C(=O)C=CC6=O)C(N)=O)c5)cc4N=C[C@@H]3C2)cc1. The van der Waals surface area contributed by atoms with Crippen molar-refractivity contribution in [2.24, 2.45) is 33.5 Å². The summed E-state index contributed by atoms with van der Waals surface area (Å²) in [6, 6.07) is 22.5. The van der Waals surface area contributed by atoms with E-state index in [1.165, 1.54) is 71.7 Å². The van der Waals surface area contributed by atoms with Crippen LogP contribution in [0.5, 0.6) is 23.0 Å². The van der Waals surface area contributed by atoms with Crippen molar-refractivity contribution >= 4 is 102 Å². The number of primary amides is 1. The van der Waals surface area contributed by atoms with Crippen molar-refractivity contribution in [3.63, 3.8) is 0 Å². The van der Waals surface area contributed by atoms with Crippen LogP contribution in [0.3, 0.4) is 0 Å². The summed E-state index contributed by atoms with van der Waals surface area (Å²) < 4.78 is 78.8. The van der Waals surface area contributed by atoms with Gasteiger partial charge >= 0.3 is 0 Å². The number of nitrogens with zero attached hydrogens (tertiary/aromatic N) is 5. The highest BCUT2D eigenvalue weighted by Gasteiger charge is 2.38. The minimum atomic E-state index is -3.64. The van der Waals surface area contributed by atoms with E-state index in [1.54, 1.807) is 103 Å². The monoisotopic (exact) mass is 1330 g/mol. The molecule has 0 radical (unpaired) electrons. The van der Waals surface area contributed by atoms with E-state index in [1.807, 2.05) is 12.2 Å². The van der Waals surface area contributed by atoms with Crippen LogP contribution in [0.4, 0.5) is 17.1 Å². The molecular weight excluding hydrogens is 1260 g/mol. The topological polar surface area (TPSA) is 333 Å². The van der Waals surface area contributed by atoms with Gasteiger partial charge in [-0.15, -0.1) is 0 Å². The number of carbonyl (C=O) groups is 7. The fraction of sp³-hybridized carbons (Fsp3) is 0.338. The Balaban J connectivity index is 0.882. The Morgan fingerprint density at radius 3 is 1.51 bits per heavy atom. The average Bonchev–Trinajstić information content (AvgIpc) is 1.72. The van der Waals surface area contributed by atoms with Gasteiger partial charge in [0.1, 0.15) is 19.3 Å². The van der Waals surface area contributed by atoms with E-state index in [-0.39, 0.29) is 107 Å². The van der Waals surface area contributed by atoms with Gasteiger partial charge in [0, 0.05) is 68.0 Å². The maximum atomic E-state index is 14.3. The fourth-order valence-electron chi connectivity index (χ4n) is 12.2. The first-order chi connectivity index (χ1) is 45.4. The van der Waals surface area contributed by atoms with Crippen LogP contribution in [0, 0.1) is 17.8 Å². The molecule has 0 aliphatic carbocycles. The summed E-state index contributed by atoms with van der Waals surface area (Å²) in [5.74, 6) is -4.64. The molecule has 7 amide bonds. The predicted octanol–water partition coefficient (Wildman–Crippen LogP) is 6.62. The first-order valence-corrected chi connectivity index (χ1v) is 33.8. The second-order valence-corrected chi connectivity index (χ2v) is 27.5. The van der Waals surface area contributed by atoms with Crippen LogP contribution in [0.2, 0.25) is 0 Å². The molecule has 0 fully saturated rings. The number of methoxy groups -OCH3 is 2. The standard InChI is InChI=1S/C68H74N10O15S2/c1-39(2)63(52(64(69)81)10-8-9-23-78-61(79)19-20-62(78)80)66(83)74-40(3)65(82)75-47-27-41(37-92-59-33-55-53(31-57(59)90-6)67(84)76-24-21-45(29-48(76)35-72-55)43-11-15-50(16-12-43)94(86,87)70-4)26-42(28-47)38-93-60-34-56-54(32-58(60)91-7)68(85)77-25-22-46(30-49(77)36-73-56)44-13-17-51(18-14-44)95(88,89)71-5/h11-22,26-28,31-36,39-40,48-49,52,63,70-71H,8-10,23-25,29-30,37-38H2,1-7H3,(H2,69,81)(H,74,83)(H,75,82)/t40-,48-,49-,52?,63-/m0/s1. The van der Waals surface area contributed by atoms with Crippen molar-refractivity contribution < 1.29 is 69.3 Å².